The monoisotopic (exact) mass is 305 g/mol. The molecule has 0 radical (unpaired) electrons. The lowest BCUT2D eigenvalue weighted by Crippen LogP contribution is -2.63. The van der Waals surface area contributed by atoms with Crippen molar-refractivity contribution in [2.75, 3.05) is 0 Å². The number of halogens is 1. The van der Waals surface area contributed by atoms with Gasteiger partial charge in [-0.15, -0.1) is 0 Å². The van der Waals surface area contributed by atoms with Crippen LogP contribution in [0.3, 0.4) is 0 Å². The fraction of sp³-hybridized carbons (Fsp3) is 0.0526. The lowest BCUT2D eigenvalue weighted by molar-refractivity contribution is 0.629. The lowest BCUT2D eigenvalue weighted by atomic mass is 9.94. The van der Waals surface area contributed by atoms with E-state index in [9.17, 15) is 4.39 Å². The standard InChI is InChI=1S/C19H19BFSi/c1-22(18-11-4-2-5-12-18,19-13-6-3-7-14-19)20-16-9-8-10-17(21)15-16/h2-15H,20H2,1H3/q-1. The van der Waals surface area contributed by atoms with Crippen LogP contribution >= 0.6 is 0 Å². The zero-order valence-electron chi connectivity index (χ0n) is 13.0. The number of rotatable bonds is 4. The molecule has 0 bridgehead atoms. The molecule has 3 heteroatoms. The summed E-state index contributed by atoms with van der Waals surface area (Å²) < 4.78 is 13.6. The van der Waals surface area contributed by atoms with Crippen molar-refractivity contribution in [1.82, 2.24) is 0 Å². The van der Waals surface area contributed by atoms with Crippen molar-refractivity contribution in [3.05, 3.63) is 90.7 Å². The van der Waals surface area contributed by atoms with Gasteiger partial charge in [0.1, 0.15) is 5.82 Å². The van der Waals surface area contributed by atoms with Crippen LogP contribution in [0, 0.1) is 5.82 Å². The zero-order chi connectivity index (χ0) is 15.4. The van der Waals surface area contributed by atoms with Gasteiger partial charge in [-0.3, -0.25) is 0 Å². The molecule has 0 amide bonds. The molecule has 22 heavy (non-hydrogen) atoms. The van der Waals surface area contributed by atoms with E-state index in [2.05, 4.69) is 73.3 Å². The molecule has 0 unspecified atom stereocenters. The Kier molecular flexibility index (Phi) is 4.25. The van der Waals surface area contributed by atoms with Gasteiger partial charge in [0.05, 0.1) is 0 Å². The minimum atomic E-state index is -1.81. The quantitative estimate of drug-likeness (QED) is 0.647. The van der Waals surface area contributed by atoms with Crippen LogP contribution in [0.2, 0.25) is 6.55 Å². The Balaban J connectivity index is 2.08. The summed E-state index contributed by atoms with van der Waals surface area (Å²) in [7, 11) is -1.81. The molecule has 0 heterocycles. The smallest absolute Gasteiger partial charge is 0.120 e. The van der Waals surface area contributed by atoms with Gasteiger partial charge in [0.2, 0.25) is 0 Å². The van der Waals surface area contributed by atoms with E-state index in [0.29, 0.717) is 0 Å². The molecule has 0 nitrogen and oxygen atoms in total. The van der Waals surface area contributed by atoms with Gasteiger partial charge in [-0.1, -0.05) is 95.8 Å². The Labute approximate surface area is 132 Å². The minimum Gasteiger partial charge on any atom is -0.215 e. The minimum absolute atomic E-state index is 0.126. The van der Waals surface area contributed by atoms with E-state index in [-0.39, 0.29) is 5.82 Å². The van der Waals surface area contributed by atoms with Crippen LogP contribution in [0.4, 0.5) is 4.39 Å². The topological polar surface area (TPSA) is 0 Å². The normalized spacial score (nSPS) is 11.4. The highest BCUT2D eigenvalue weighted by atomic mass is 28.3. The van der Waals surface area contributed by atoms with Crippen LogP contribution in [-0.4, -0.2) is 14.8 Å². The fourth-order valence-electron chi connectivity index (χ4n) is 3.50. The third-order valence-corrected chi connectivity index (χ3v) is 9.89. The van der Waals surface area contributed by atoms with Gasteiger partial charge < -0.3 is 0 Å². The summed E-state index contributed by atoms with van der Waals surface area (Å²) in [5, 5.41) is 2.87. The Morgan fingerprint density at radius 2 is 1.27 bits per heavy atom. The van der Waals surface area contributed by atoms with Gasteiger partial charge in [-0.05, 0) is 14.0 Å². The van der Waals surface area contributed by atoms with E-state index in [4.69, 9.17) is 0 Å². The average molecular weight is 305 g/mol. The Bertz CT molecular complexity index is 704. The SMILES string of the molecule is C[Si]([BH2-]c1cccc(F)c1)(c1ccccc1)c1ccccc1. The zero-order valence-corrected chi connectivity index (χ0v) is 14.0. The Morgan fingerprint density at radius 3 is 1.77 bits per heavy atom. The highest BCUT2D eigenvalue weighted by Gasteiger charge is 2.24. The van der Waals surface area contributed by atoms with E-state index in [1.165, 1.54) is 21.9 Å². The van der Waals surface area contributed by atoms with Crippen LogP contribution in [0.25, 0.3) is 0 Å². The first-order valence-corrected chi connectivity index (χ1v) is 10.8. The summed E-state index contributed by atoms with van der Waals surface area (Å²) in [6.07, 6.45) is 0. The summed E-state index contributed by atoms with van der Waals surface area (Å²) in [6, 6.07) is 28.7. The van der Waals surface area contributed by atoms with Gasteiger partial charge in [0.15, 0.2) is 0 Å². The summed E-state index contributed by atoms with van der Waals surface area (Å²) in [4.78, 5) is 0. The van der Waals surface area contributed by atoms with Crippen molar-refractivity contribution in [3.8, 4) is 0 Å². The molecule has 3 aromatic carbocycles. The van der Waals surface area contributed by atoms with Crippen molar-refractivity contribution < 1.29 is 4.39 Å². The van der Waals surface area contributed by atoms with Crippen LogP contribution in [-0.2, 0) is 0 Å². The van der Waals surface area contributed by atoms with Crippen LogP contribution in [0.1, 0.15) is 0 Å². The molecule has 3 rings (SSSR count). The van der Waals surface area contributed by atoms with Crippen LogP contribution in [0.5, 0.6) is 0 Å². The first-order chi connectivity index (χ1) is 10.7. The summed E-state index contributed by atoms with van der Waals surface area (Å²) in [5.74, 6) is -0.126. The summed E-state index contributed by atoms with van der Waals surface area (Å²) in [5.41, 5.74) is 1.20. The molecule has 0 aliphatic carbocycles. The van der Waals surface area contributed by atoms with E-state index < -0.39 is 14.8 Å². The van der Waals surface area contributed by atoms with Gasteiger partial charge in [-0.25, -0.2) is 9.85 Å². The maximum Gasteiger partial charge on any atom is 0.120 e. The molecule has 0 atom stereocenters. The Morgan fingerprint density at radius 1 is 0.727 bits per heavy atom. The fourth-order valence-corrected chi connectivity index (χ4v) is 7.93. The Hall–Kier alpha value is -2.13. The summed E-state index contributed by atoms with van der Waals surface area (Å²) in [6.45, 7) is 1.96. The van der Waals surface area contributed by atoms with Gasteiger partial charge in [0, 0.05) is 6.87 Å². The molecular formula is C19H19BFSi-. The molecular weight excluding hydrogens is 286 g/mol. The molecule has 110 valence electrons. The van der Waals surface area contributed by atoms with Crippen molar-refractivity contribution in [2.24, 2.45) is 0 Å². The third kappa shape index (κ3) is 3.05. The largest absolute Gasteiger partial charge is 0.215 e. The average Bonchev–Trinajstić information content (AvgIpc) is 2.56. The van der Waals surface area contributed by atoms with Crippen molar-refractivity contribution >= 4 is 30.7 Å². The van der Waals surface area contributed by atoms with Crippen molar-refractivity contribution in [1.29, 1.82) is 0 Å². The van der Waals surface area contributed by atoms with Crippen molar-refractivity contribution in [2.45, 2.75) is 6.55 Å². The number of benzene rings is 3. The highest BCUT2D eigenvalue weighted by molar-refractivity contribution is 7.40. The number of hydrogen-bond donors (Lipinski definition) is 0. The van der Waals surface area contributed by atoms with Crippen LogP contribution in [0.15, 0.2) is 84.9 Å². The first-order valence-electron chi connectivity index (χ1n) is 7.83. The maximum absolute atomic E-state index is 13.6. The third-order valence-electron chi connectivity index (χ3n) is 4.76. The molecule has 3 aromatic rings. The van der Waals surface area contributed by atoms with E-state index in [1.807, 2.05) is 6.07 Å². The maximum atomic E-state index is 13.6. The second kappa shape index (κ2) is 6.32. The molecule has 0 aliphatic heterocycles. The number of hydrogen-bond acceptors (Lipinski definition) is 0. The first kappa shape index (κ1) is 14.8. The van der Waals surface area contributed by atoms with Gasteiger partial charge in [0.25, 0.3) is 0 Å². The van der Waals surface area contributed by atoms with E-state index in [0.717, 1.165) is 0 Å². The van der Waals surface area contributed by atoms with Gasteiger partial charge >= 0.3 is 0 Å². The second-order valence-electron chi connectivity index (χ2n) is 6.41. The lowest BCUT2D eigenvalue weighted by Gasteiger charge is -2.35. The highest BCUT2D eigenvalue weighted by Crippen LogP contribution is 2.05. The molecule has 0 aromatic heterocycles. The van der Waals surface area contributed by atoms with E-state index in [1.54, 1.807) is 6.07 Å². The van der Waals surface area contributed by atoms with Gasteiger partial charge in [-0.2, -0.15) is 0 Å². The predicted octanol–water partition coefficient (Wildman–Crippen LogP) is 2.01. The molecule has 0 saturated heterocycles. The van der Waals surface area contributed by atoms with Crippen LogP contribution < -0.4 is 15.8 Å². The van der Waals surface area contributed by atoms with Crippen molar-refractivity contribution in [3.63, 3.8) is 0 Å². The molecule has 0 saturated carbocycles. The molecule has 0 N–H and O–H groups in total. The van der Waals surface area contributed by atoms with E-state index >= 15 is 0 Å². The second-order valence-corrected chi connectivity index (χ2v) is 11.3. The molecule has 0 spiro atoms. The molecule has 0 aliphatic rings. The molecule has 0 fully saturated rings. The summed E-state index contributed by atoms with van der Waals surface area (Å²) >= 11 is 0. The predicted molar refractivity (Wildman–Crippen MR) is 98.3 cm³/mol.